The van der Waals surface area contributed by atoms with Gasteiger partial charge >= 0.3 is 5.97 Å². The predicted octanol–water partition coefficient (Wildman–Crippen LogP) is 4.74. The van der Waals surface area contributed by atoms with Gasteiger partial charge in [0.25, 0.3) is 0 Å². The second-order valence-corrected chi connectivity index (χ2v) is 9.40. The lowest BCUT2D eigenvalue weighted by molar-refractivity contribution is -0.147. The third kappa shape index (κ3) is 5.35. The maximum absolute atomic E-state index is 12.5. The number of benzene rings is 3. The highest BCUT2D eigenvalue weighted by molar-refractivity contribution is 7.45. The first kappa shape index (κ1) is 24.8. The fourth-order valence-electron chi connectivity index (χ4n) is 4.57. The largest absolute Gasteiger partial charge is 0.466 e. The van der Waals surface area contributed by atoms with Crippen LogP contribution in [0.1, 0.15) is 29.3 Å². The van der Waals surface area contributed by atoms with Gasteiger partial charge in [0.1, 0.15) is 5.54 Å². The van der Waals surface area contributed by atoms with E-state index in [-0.39, 0.29) is 19.2 Å². The number of hydrogen-bond donors (Lipinski definition) is 2. The van der Waals surface area contributed by atoms with Gasteiger partial charge in [-0.25, -0.2) is 4.98 Å². The molecule has 0 aliphatic rings. The van der Waals surface area contributed by atoms with Crippen molar-refractivity contribution in [2.24, 2.45) is 5.92 Å². The van der Waals surface area contributed by atoms with Crippen LogP contribution >= 0.6 is 8.38 Å². The first-order chi connectivity index (χ1) is 17.1. The van der Waals surface area contributed by atoms with Gasteiger partial charge < -0.3 is 19.1 Å². The molecule has 1 unspecified atom stereocenters. The number of esters is 1. The fraction of sp³-hybridized carbons (Fsp3) is 0.214. The third-order valence-electron chi connectivity index (χ3n) is 6.06. The van der Waals surface area contributed by atoms with Crippen LogP contribution in [0.25, 0.3) is 0 Å². The molecule has 0 saturated heterocycles. The summed E-state index contributed by atoms with van der Waals surface area (Å²) in [6.07, 6.45) is 3.92. The highest BCUT2D eigenvalue weighted by atomic mass is 31.2. The van der Waals surface area contributed by atoms with Gasteiger partial charge in [-0.3, -0.25) is 4.79 Å². The number of rotatable bonds is 10. The SMILES string of the molecule is CCOC(=O)C(Cc1cn(C(c2ccccc2)(c2ccccc2)c2ccccc2)cn1)CP(O)O. The maximum Gasteiger partial charge on any atom is 0.309 e. The van der Waals surface area contributed by atoms with Gasteiger partial charge in [0.2, 0.25) is 0 Å². The molecule has 4 aromatic rings. The summed E-state index contributed by atoms with van der Waals surface area (Å²) in [5.41, 5.74) is 3.18. The summed E-state index contributed by atoms with van der Waals surface area (Å²) in [5.74, 6) is -1.13. The van der Waals surface area contributed by atoms with E-state index >= 15 is 0 Å². The summed E-state index contributed by atoms with van der Waals surface area (Å²) in [4.78, 5) is 36.3. The standard InChI is InChI=1S/C28H29N2O4P/c1-2-34-27(31)22(20-35(32)33)18-26-19-30(21-29-26)28(23-12-6-3-7-13-23,24-14-8-4-9-15-24)25-16-10-5-11-17-25/h3-17,19,21-22,32-33H,2,18,20H2,1H3. The maximum atomic E-state index is 12.5. The number of nitrogens with zero attached hydrogens (tertiary/aromatic N) is 2. The summed E-state index contributed by atoms with van der Waals surface area (Å²) < 4.78 is 7.25. The normalized spacial score (nSPS) is 12.5. The second-order valence-electron chi connectivity index (χ2n) is 8.29. The quantitative estimate of drug-likeness (QED) is 0.191. The molecular formula is C28H29N2O4P. The van der Waals surface area contributed by atoms with Gasteiger partial charge in [0.15, 0.2) is 8.38 Å². The van der Waals surface area contributed by atoms with Crippen LogP contribution in [0.15, 0.2) is 104 Å². The minimum atomic E-state index is -2.24. The number of aromatic nitrogens is 2. The monoisotopic (exact) mass is 488 g/mol. The zero-order chi connectivity index (χ0) is 24.7. The Morgan fingerprint density at radius 2 is 1.40 bits per heavy atom. The van der Waals surface area contributed by atoms with E-state index in [1.165, 1.54) is 0 Å². The van der Waals surface area contributed by atoms with Crippen molar-refractivity contribution in [2.45, 2.75) is 18.9 Å². The molecule has 1 heterocycles. The smallest absolute Gasteiger partial charge is 0.309 e. The molecule has 7 heteroatoms. The zero-order valence-corrected chi connectivity index (χ0v) is 20.5. The van der Waals surface area contributed by atoms with E-state index < -0.39 is 25.8 Å². The highest BCUT2D eigenvalue weighted by Crippen LogP contribution is 2.41. The molecule has 1 atom stereocenters. The molecule has 35 heavy (non-hydrogen) atoms. The molecule has 2 N–H and O–H groups in total. The topological polar surface area (TPSA) is 84.6 Å². The van der Waals surface area contributed by atoms with Gasteiger partial charge in [-0.2, -0.15) is 0 Å². The number of imidazole rings is 1. The number of ether oxygens (including phenoxy) is 1. The summed E-state index contributed by atoms with van der Waals surface area (Å²) >= 11 is 0. The van der Waals surface area contributed by atoms with Crippen molar-refractivity contribution < 1.29 is 19.3 Å². The van der Waals surface area contributed by atoms with Crippen LogP contribution in [-0.2, 0) is 21.5 Å². The van der Waals surface area contributed by atoms with Crippen molar-refractivity contribution in [3.8, 4) is 0 Å². The van der Waals surface area contributed by atoms with Crippen LogP contribution in [0, 0.1) is 5.92 Å². The summed E-state index contributed by atoms with van der Waals surface area (Å²) in [6.45, 7) is 1.97. The van der Waals surface area contributed by atoms with E-state index in [0.29, 0.717) is 5.69 Å². The van der Waals surface area contributed by atoms with Crippen LogP contribution in [0.4, 0.5) is 0 Å². The Labute approximate surface area is 206 Å². The van der Waals surface area contributed by atoms with E-state index in [9.17, 15) is 14.6 Å². The van der Waals surface area contributed by atoms with Crippen molar-refractivity contribution in [1.29, 1.82) is 0 Å². The lowest BCUT2D eigenvalue weighted by Gasteiger charge is -2.37. The number of hydrogen-bond acceptors (Lipinski definition) is 5. The van der Waals surface area contributed by atoms with Gasteiger partial charge in [-0.1, -0.05) is 91.0 Å². The van der Waals surface area contributed by atoms with E-state index in [1.54, 1.807) is 13.3 Å². The van der Waals surface area contributed by atoms with Crippen LogP contribution in [0.3, 0.4) is 0 Å². The van der Waals surface area contributed by atoms with Crippen molar-refractivity contribution in [3.63, 3.8) is 0 Å². The lowest BCUT2D eigenvalue weighted by atomic mass is 9.77. The summed E-state index contributed by atoms with van der Waals surface area (Å²) in [5, 5.41) is 0. The van der Waals surface area contributed by atoms with E-state index in [2.05, 4.69) is 45.9 Å². The highest BCUT2D eigenvalue weighted by Gasteiger charge is 2.38. The average molecular weight is 489 g/mol. The second kappa shape index (κ2) is 11.4. The first-order valence-corrected chi connectivity index (χ1v) is 13.0. The molecule has 0 bridgehead atoms. The Bertz CT molecular complexity index is 1120. The van der Waals surface area contributed by atoms with Crippen LogP contribution in [0.2, 0.25) is 0 Å². The van der Waals surface area contributed by atoms with Crippen LogP contribution < -0.4 is 0 Å². The predicted molar refractivity (Wildman–Crippen MR) is 137 cm³/mol. The van der Waals surface area contributed by atoms with E-state index in [1.807, 2.05) is 60.8 Å². The van der Waals surface area contributed by atoms with Gasteiger partial charge in [-0.05, 0) is 23.6 Å². The molecule has 180 valence electrons. The Balaban J connectivity index is 1.85. The number of carbonyl (C=O) groups is 1. The molecule has 0 spiro atoms. The Kier molecular flexibility index (Phi) is 8.09. The fourth-order valence-corrected chi connectivity index (χ4v) is 5.24. The van der Waals surface area contributed by atoms with Crippen molar-refractivity contribution in [3.05, 3.63) is 126 Å². The average Bonchev–Trinajstić information content (AvgIpc) is 3.35. The van der Waals surface area contributed by atoms with Crippen molar-refractivity contribution in [1.82, 2.24) is 9.55 Å². The lowest BCUT2D eigenvalue weighted by Crippen LogP contribution is -2.37. The summed E-state index contributed by atoms with van der Waals surface area (Å²) in [7, 11) is -2.24. The van der Waals surface area contributed by atoms with E-state index in [4.69, 9.17) is 4.74 Å². The van der Waals surface area contributed by atoms with Gasteiger partial charge in [0.05, 0.1) is 24.5 Å². The minimum absolute atomic E-state index is 0.0533. The molecule has 0 amide bonds. The zero-order valence-electron chi connectivity index (χ0n) is 19.6. The Morgan fingerprint density at radius 1 is 0.914 bits per heavy atom. The molecule has 0 fully saturated rings. The van der Waals surface area contributed by atoms with Crippen molar-refractivity contribution in [2.75, 3.05) is 12.8 Å². The molecule has 6 nitrogen and oxygen atoms in total. The molecule has 3 aromatic carbocycles. The van der Waals surface area contributed by atoms with Crippen LogP contribution in [0.5, 0.6) is 0 Å². The van der Waals surface area contributed by atoms with Crippen molar-refractivity contribution >= 4 is 14.3 Å². The molecule has 1 aromatic heterocycles. The van der Waals surface area contributed by atoms with Gasteiger partial charge in [0, 0.05) is 18.8 Å². The van der Waals surface area contributed by atoms with E-state index in [0.717, 1.165) is 16.7 Å². The first-order valence-electron chi connectivity index (χ1n) is 11.6. The van der Waals surface area contributed by atoms with Gasteiger partial charge in [-0.15, -0.1) is 0 Å². The molecule has 0 aliphatic heterocycles. The van der Waals surface area contributed by atoms with Crippen LogP contribution in [-0.4, -0.2) is 38.1 Å². The number of carbonyl (C=O) groups excluding carboxylic acids is 1. The minimum Gasteiger partial charge on any atom is -0.466 e. The third-order valence-corrected chi connectivity index (χ3v) is 6.82. The molecule has 0 saturated carbocycles. The molecule has 4 rings (SSSR count). The Hall–Kier alpha value is -3.31. The Morgan fingerprint density at radius 3 is 1.83 bits per heavy atom. The summed E-state index contributed by atoms with van der Waals surface area (Å²) in [6, 6.07) is 30.7. The molecular weight excluding hydrogens is 459 g/mol. The molecule has 0 radical (unpaired) electrons. The molecule has 0 aliphatic carbocycles.